The maximum absolute atomic E-state index is 12.2. The third-order valence-electron chi connectivity index (χ3n) is 4.19. The average molecular weight is 318 g/mol. The molecule has 3 N–H and O–H groups in total. The maximum atomic E-state index is 12.2. The first-order valence-electron chi connectivity index (χ1n) is 8.18. The van der Waals surface area contributed by atoms with Gasteiger partial charge in [-0.3, -0.25) is 4.79 Å². The first-order chi connectivity index (χ1) is 11.6. The molecule has 0 fully saturated rings. The summed E-state index contributed by atoms with van der Waals surface area (Å²) in [6, 6.07) is 22.0. The highest BCUT2D eigenvalue weighted by molar-refractivity contribution is 5.84. The number of nitrogens with one attached hydrogen (secondary N) is 1. The molecule has 3 rings (SSSR count). The van der Waals surface area contributed by atoms with Crippen LogP contribution in [0.2, 0.25) is 0 Å². The van der Waals surface area contributed by atoms with E-state index in [4.69, 9.17) is 5.73 Å². The molecule has 0 aliphatic rings. The first kappa shape index (κ1) is 16.2. The van der Waals surface area contributed by atoms with Gasteiger partial charge in [-0.1, -0.05) is 66.2 Å². The molecular weight excluding hydrogens is 296 g/mol. The van der Waals surface area contributed by atoms with E-state index < -0.39 is 6.04 Å². The number of fused-ring (bicyclic) bond motifs is 1. The average Bonchev–Trinajstić information content (AvgIpc) is 2.61. The van der Waals surface area contributed by atoms with E-state index in [1.54, 1.807) is 0 Å². The van der Waals surface area contributed by atoms with Crippen LogP contribution in [0, 0.1) is 6.92 Å². The van der Waals surface area contributed by atoms with Gasteiger partial charge in [0.2, 0.25) is 5.91 Å². The monoisotopic (exact) mass is 318 g/mol. The van der Waals surface area contributed by atoms with Gasteiger partial charge in [0.05, 0.1) is 6.04 Å². The molecule has 0 saturated heterocycles. The molecule has 3 nitrogen and oxygen atoms in total. The number of carbonyl (C=O) groups is 1. The van der Waals surface area contributed by atoms with Gasteiger partial charge in [-0.2, -0.15) is 0 Å². The van der Waals surface area contributed by atoms with Gasteiger partial charge in [-0.05, 0) is 41.3 Å². The van der Waals surface area contributed by atoms with Crippen LogP contribution in [-0.4, -0.2) is 11.9 Å². The van der Waals surface area contributed by atoms with Crippen molar-refractivity contribution in [1.29, 1.82) is 0 Å². The Labute approximate surface area is 142 Å². The Kier molecular flexibility index (Phi) is 4.92. The van der Waals surface area contributed by atoms with E-state index in [0.717, 1.165) is 11.1 Å². The number of carbonyl (C=O) groups excluding carboxylic acids is 1. The Morgan fingerprint density at radius 2 is 1.62 bits per heavy atom. The highest BCUT2D eigenvalue weighted by Gasteiger charge is 2.13. The molecule has 3 heteroatoms. The van der Waals surface area contributed by atoms with Gasteiger partial charge in [0.1, 0.15) is 0 Å². The first-order valence-corrected chi connectivity index (χ1v) is 8.18. The third kappa shape index (κ3) is 4.00. The van der Waals surface area contributed by atoms with E-state index >= 15 is 0 Å². The molecule has 0 heterocycles. The van der Waals surface area contributed by atoms with Crippen LogP contribution in [0.5, 0.6) is 0 Å². The van der Waals surface area contributed by atoms with Gasteiger partial charge < -0.3 is 11.1 Å². The molecule has 1 atom stereocenters. The van der Waals surface area contributed by atoms with Crippen molar-refractivity contribution in [2.45, 2.75) is 25.9 Å². The molecule has 24 heavy (non-hydrogen) atoms. The van der Waals surface area contributed by atoms with Crippen molar-refractivity contribution in [3.63, 3.8) is 0 Å². The second-order valence-electron chi connectivity index (χ2n) is 6.20. The van der Waals surface area contributed by atoms with Crippen LogP contribution in [0.1, 0.15) is 16.7 Å². The molecule has 122 valence electrons. The zero-order chi connectivity index (χ0) is 16.9. The molecule has 0 aliphatic heterocycles. The quantitative estimate of drug-likeness (QED) is 0.758. The van der Waals surface area contributed by atoms with E-state index in [0.29, 0.717) is 13.0 Å². The number of aryl methyl sites for hydroxylation is 1. The Bertz CT molecular complexity index is 840. The summed E-state index contributed by atoms with van der Waals surface area (Å²) in [5.74, 6) is -0.122. The zero-order valence-corrected chi connectivity index (χ0v) is 13.8. The van der Waals surface area contributed by atoms with Crippen LogP contribution in [0.3, 0.4) is 0 Å². The van der Waals surface area contributed by atoms with Crippen molar-refractivity contribution < 1.29 is 4.79 Å². The summed E-state index contributed by atoms with van der Waals surface area (Å²) < 4.78 is 0. The van der Waals surface area contributed by atoms with Crippen molar-refractivity contribution >= 4 is 16.7 Å². The van der Waals surface area contributed by atoms with E-state index in [-0.39, 0.29) is 5.91 Å². The Morgan fingerprint density at radius 1 is 0.958 bits per heavy atom. The van der Waals surface area contributed by atoms with Gasteiger partial charge in [0.25, 0.3) is 0 Å². The predicted molar refractivity (Wildman–Crippen MR) is 98.7 cm³/mol. The number of nitrogens with two attached hydrogens (primary N) is 1. The van der Waals surface area contributed by atoms with Gasteiger partial charge in [0.15, 0.2) is 0 Å². The third-order valence-corrected chi connectivity index (χ3v) is 4.19. The summed E-state index contributed by atoms with van der Waals surface area (Å²) in [5.41, 5.74) is 9.38. The normalized spacial score (nSPS) is 12.1. The van der Waals surface area contributed by atoms with Crippen LogP contribution >= 0.6 is 0 Å². The topological polar surface area (TPSA) is 55.1 Å². The minimum atomic E-state index is -0.534. The Balaban J connectivity index is 1.58. The fraction of sp³-hybridized carbons (Fsp3) is 0.190. The molecule has 0 aromatic heterocycles. The highest BCUT2D eigenvalue weighted by atomic mass is 16.2. The van der Waals surface area contributed by atoms with E-state index in [1.165, 1.54) is 16.3 Å². The van der Waals surface area contributed by atoms with Crippen LogP contribution in [0.4, 0.5) is 0 Å². The minimum absolute atomic E-state index is 0.122. The number of rotatable bonds is 5. The highest BCUT2D eigenvalue weighted by Crippen LogP contribution is 2.15. The molecule has 0 bridgehead atoms. The summed E-state index contributed by atoms with van der Waals surface area (Å²) in [4.78, 5) is 12.2. The van der Waals surface area contributed by atoms with E-state index in [2.05, 4.69) is 29.6 Å². The van der Waals surface area contributed by atoms with Gasteiger partial charge in [-0.25, -0.2) is 0 Å². The van der Waals surface area contributed by atoms with Gasteiger partial charge in [-0.15, -0.1) is 0 Å². The number of hydrogen-bond donors (Lipinski definition) is 2. The fourth-order valence-electron chi connectivity index (χ4n) is 2.74. The van der Waals surface area contributed by atoms with Crippen molar-refractivity contribution in [2.24, 2.45) is 5.73 Å². The fourth-order valence-corrected chi connectivity index (χ4v) is 2.74. The summed E-state index contributed by atoms with van der Waals surface area (Å²) in [7, 11) is 0. The number of amides is 1. The molecule has 3 aromatic rings. The van der Waals surface area contributed by atoms with Gasteiger partial charge in [0, 0.05) is 6.54 Å². The van der Waals surface area contributed by atoms with Crippen LogP contribution < -0.4 is 11.1 Å². The lowest BCUT2D eigenvalue weighted by Gasteiger charge is -2.13. The number of hydrogen-bond acceptors (Lipinski definition) is 2. The molecule has 0 saturated carbocycles. The van der Waals surface area contributed by atoms with Crippen LogP contribution in [0.25, 0.3) is 10.8 Å². The molecular formula is C21H22N2O. The van der Waals surface area contributed by atoms with Crippen molar-refractivity contribution in [1.82, 2.24) is 5.32 Å². The molecule has 1 amide bonds. The van der Waals surface area contributed by atoms with Gasteiger partial charge >= 0.3 is 0 Å². The molecule has 0 spiro atoms. The zero-order valence-electron chi connectivity index (χ0n) is 13.8. The smallest absolute Gasteiger partial charge is 0.237 e. The summed E-state index contributed by atoms with van der Waals surface area (Å²) in [6.07, 6.45) is 0.545. The van der Waals surface area contributed by atoms with Crippen molar-refractivity contribution in [3.05, 3.63) is 83.4 Å². The van der Waals surface area contributed by atoms with Crippen LogP contribution in [0.15, 0.2) is 66.7 Å². The summed E-state index contributed by atoms with van der Waals surface area (Å²) in [6.45, 7) is 2.53. The molecule has 0 radical (unpaired) electrons. The molecule has 0 aliphatic carbocycles. The summed E-state index contributed by atoms with van der Waals surface area (Å²) >= 11 is 0. The van der Waals surface area contributed by atoms with E-state index in [9.17, 15) is 4.79 Å². The lowest BCUT2D eigenvalue weighted by Crippen LogP contribution is -2.41. The lowest BCUT2D eigenvalue weighted by molar-refractivity contribution is -0.122. The minimum Gasteiger partial charge on any atom is -0.351 e. The lowest BCUT2D eigenvalue weighted by atomic mass is 10.0. The van der Waals surface area contributed by atoms with E-state index in [1.807, 2.05) is 49.4 Å². The molecule has 3 aromatic carbocycles. The second-order valence-corrected chi connectivity index (χ2v) is 6.20. The summed E-state index contributed by atoms with van der Waals surface area (Å²) in [5, 5.41) is 5.30. The molecule has 0 unspecified atom stereocenters. The Hall–Kier alpha value is -2.65. The maximum Gasteiger partial charge on any atom is 0.237 e. The number of benzene rings is 3. The van der Waals surface area contributed by atoms with Crippen molar-refractivity contribution in [2.75, 3.05) is 0 Å². The second kappa shape index (κ2) is 7.28. The SMILES string of the molecule is Cc1ccc(C[C@H](N)C(=O)NCc2ccc3ccccc3c2)cc1. The largest absolute Gasteiger partial charge is 0.351 e. The standard InChI is InChI=1S/C21H22N2O/c1-15-6-8-16(9-7-15)13-20(22)21(24)23-14-17-10-11-18-4-2-3-5-19(18)12-17/h2-12,20H,13-14,22H2,1H3,(H,23,24)/t20-/m0/s1. The predicted octanol–water partition coefficient (Wildman–Crippen LogP) is 3.33. The Morgan fingerprint density at radius 3 is 2.38 bits per heavy atom. The van der Waals surface area contributed by atoms with Crippen molar-refractivity contribution in [3.8, 4) is 0 Å². The van der Waals surface area contributed by atoms with Crippen LogP contribution in [-0.2, 0) is 17.8 Å².